The van der Waals surface area contributed by atoms with Crippen LogP contribution in [0.4, 0.5) is 5.82 Å². The predicted molar refractivity (Wildman–Crippen MR) is 132 cm³/mol. The van der Waals surface area contributed by atoms with Crippen LogP contribution in [0.3, 0.4) is 0 Å². The van der Waals surface area contributed by atoms with Gasteiger partial charge in [0.2, 0.25) is 0 Å². The third-order valence-corrected chi connectivity index (χ3v) is 8.80. The molecule has 3 aromatic rings. The molecule has 3 aromatic heterocycles. The number of anilines is 1. The minimum absolute atomic E-state index is 0.130. The molecule has 7 nitrogen and oxygen atoms in total. The average Bonchev–Trinajstić information content (AvgIpc) is 3.35. The molecule has 0 radical (unpaired) electrons. The largest absolute Gasteiger partial charge is 0.591 e. The van der Waals surface area contributed by atoms with E-state index < -0.39 is 16.1 Å². The summed E-state index contributed by atoms with van der Waals surface area (Å²) in [6.45, 7) is 9.60. The zero-order chi connectivity index (χ0) is 22.7. The molecule has 1 spiro atoms. The van der Waals surface area contributed by atoms with E-state index in [0.717, 1.165) is 65.4 Å². The highest BCUT2D eigenvalue weighted by atomic mass is 79.9. The molecule has 4 heterocycles. The number of fused-ring (bicyclic) bond motifs is 2. The van der Waals surface area contributed by atoms with Gasteiger partial charge in [-0.3, -0.25) is 4.98 Å². The van der Waals surface area contributed by atoms with Gasteiger partial charge < -0.3 is 9.45 Å². The molecular weight excluding hydrogens is 488 g/mol. The van der Waals surface area contributed by atoms with Gasteiger partial charge in [0.25, 0.3) is 0 Å². The molecule has 9 heteroatoms. The van der Waals surface area contributed by atoms with Crippen molar-refractivity contribution >= 4 is 44.3 Å². The molecule has 1 fully saturated rings. The van der Waals surface area contributed by atoms with E-state index in [0.29, 0.717) is 0 Å². The molecule has 1 atom stereocenters. The van der Waals surface area contributed by atoms with Crippen LogP contribution in [0, 0.1) is 12.3 Å². The lowest BCUT2D eigenvalue weighted by atomic mass is 9.75. The van der Waals surface area contributed by atoms with Gasteiger partial charge in [0.1, 0.15) is 31.9 Å². The molecule has 0 unspecified atom stereocenters. The normalized spacial score (nSPS) is 20.3. The first-order chi connectivity index (χ1) is 15.2. The molecule has 0 bridgehead atoms. The molecule has 1 aliphatic heterocycles. The van der Waals surface area contributed by atoms with E-state index >= 15 is 0 Å². The van der Waals surface area contributed by atoms with Gasteiger partial charge in [-0.1, -0.05) is 10.5 Å². The van der Waals surface area contributed by atoms with Gasteiger partial charge in [-0.25, -0.2) is 9.50 Å². The van der Waals surface area contributed by atoms with Crippen LogP contribution in [-0.4, -0.2) is 47.7 Å². The first-order valence-corrected chi connectivity index (χ1v) is 12.8. The van der Waals surface area contributed by atoms with E-state index in [2.05, 4.69) is 37.0 Å². The summed E-state index contributed by atoms with van der Waals surface area (Å²) < 4.78 is 20.2. The number of pyridine rings is 1. The maximum absolute atomic E-state index is 13.0. The number of piperidine rings is 1. The number of aromatic nitrogens is 4. The highest BCUT2D eigenvalue weighted by Gasteiger charge is 2.48. The van der Waals surface area contributed by atoms with Crippen molar-refractivity contribution in [1.82, 2.24) is 19.6 Å². The number of rotatable bonds is 2. The van der Waals surface area contributed by atoms with Crippen LogP contribution < -0.4 is 4.90 Å². The first kappa shape index (κ1) is 21.9. The zero-order valence-electron chi connectivity index (χ0n) is 18.8. The Labute approximate surface area is 199 Å². The third kappa shape index (κ3) is 3.54. The summed E-state index contributed by atoms with van der Waals surface area (Å²) in [6.07, 6.45) is 6.36. The van der Waals surface area contributed by atoms with Crippen LogP contribution in [-0.2, 0) is 17.8 Å². The predicted octanol–water partition coefficient (Wildman–Crippen LogP) is 4.29. The second kappa shape index (κ2) is 7.81. The van der Waals surface area contributed by atoms with Crippen molar-refractivity contribution in [3.63, 3.8) is 0 Å². The third-order valence-electron chi connectivity index (χ3n) is 6.49. The second-order valence-electron chi connectivity index (χ2n) is 9.70. The first-order valence-electron chi connectivity index (χ1n) is 10.9. The fourth-order valence-electron chi connectivity index (χ4n) is 4.69. The molecule has 1 saturated heterocycles. The fraction of sp³-hybridized carbons (Fsp3) is 0.478. The van der Waals surface area contributed by atoms with Gasteiger partial charge in [0, 0.05) is 24.7 Å². The fourth-order valence-corrected chi connectivity index (χ4v) is 5.78. The van der Waals surface area contributed by atoms with Crippen molar-refractivity contribution in [3.05, 3.63) is 52.1 Å². The lowest BCUT2D eigenvalue weighted by molar-refractivity contribution is 0.330. The Hall–Kier alpha value is -1.97. The van der Waals surface area contributed by atoms with Crippen molar-refractivity contribution in [2.45, 2.75) is 51.7 Å². The average molecular weight is 515 g/mol. The van der Waals surface area contributed by atoms with Crippen molar-refractivity contribution < 1.29 is 4.55 Å². The van der Waals surface area contributed by atoms with Crippen molar-refractivity contribution in [1.29, 1.82) is 0 Å². The monoisotopic (exact) mass is 514 g/mol. The van der Waals surface area contributed by atoms with Gasteiger partial charge in [-0.05, 0) is 80.6 Å². The van der Waals surface area contributed by atoms with E-state index in [-0.39, 0.29) is 5.41 Å². The van der Waals surface area contributed by atoms with E-state index in [1.807, 2.05) is 56.7 Å². The van der Waals surface area contributed by atoms with Crippen LogP contribution in [0.1, 0.15) is 50.6 Å². The Morgan fingerprint density at radius 1 is 1.19 bits per heavy atom. The van der Waals surface area contributed by atoms with Crippen molar-refractivity contribution in [2.75, 3.05) is 18.0 Å². The number of hydrogen-bond acceptors (Lipinski definition) is 6. The topological polar surface area (TPSA) is 81.7 Å². The summed E-state index contributed by atoms with van der Waals surface area (Å²) in [7, 11) is 0. The highest BCUT2D eigenvalue weighted by molar-refractivity contribution is 9.10. The number of halogens is 1. The minimum Gasteiger partial charge on any atom is -0.591 e. The summed E-state index contributed by atoms with van der Waals surface area (Å²) in [4.78, 5) is 11.9. The van der Waals surface area contributed by atoms with Crippen LogP contribution >= 0.6 is 15.9 Å². The molecule has 1 aliphatic carbocycles. The molecular formula is C23H27BrN6OS. The van der Waals surface area contributed by atoms with Crippen LogP contribution in [0.15, 0.2) is 39.6 Å². The number of aryl methyl sites for hydroxylation is 1. The van der Waals surface area contributed by atoms with Crippen LogP contribution in [0.2, 0.25) is 0 Å². The standard InChI is InChI=1S/C23H27BrN6OS/c1-15-20(24)30-17(7-11-26-30)21(27-15)29-12-8-23(9-13-29)14-16-6-5-10-25-18(16)19(23)28-32(31)22(2,3)4/h5-7,10-11H,8-9,12-14H2,1-4H3/b28-19+/t32-/m1/s1. The molecule has 5 rings (SSSR count). The van der Waals surface area contributed by atoms with E-state index in [1.54, 1.807) is 0 Å². The smallest absolute Gasteiger partial charge is 0.155 e. The molecule has 32 heavy (non-hydrogen) atoms. The van der Waals surface area contributed by atoms with Gasteiger partial charge in [0.05, 0.1) is 17.6 Å². The maximum atomic E-state index is 13.0. The van der Waals surface area contributed by atoms with Crippen molar-refractivity contribution in [2.24, 2.45) is 9.81 Å². The number of hydrogen-bond donors (Lipinski definition) is 0. The Balaban J connectivity index is 1.48. The summed E-state index contributed by atoms with van der Waals surface area (Å²) in [5.74, 6) is 0.962. The highest BCUT2D eigenvalue weighted by Crippen LogP contribution is 2.46. The molecule has 0 saturated carbocycles. The maximum Gasteiger partial charge on any atom is 0.155 e. The van der Waals surface area contributed by atoms with E-state index in [4.69, 9.17) is 9.38 Å². The summed E-state index contributed by atoms with van der Waals surface area (Å²) in [5.41, 5.74) is 4.84. The quantitative estimate of drug-likeness (QED) is 0.476. The zero-order valence-corrected chi connectivity index (χ0v) is 21.2. The molecule has 0 N–H and O–H groups in total. The minimum atomic E-state index is -1.32. The molecule has 0 amide bonds. The second-order valence-corrected chi connectivity index (χ2v) is 12.4. The van der Waals surface area contributed by atoms with Gasteiger partial charge in [-0.2, -0.15) is 5.10 Å². The summed E-state index contributed by atoms with van der Waals surface area (Å²) in [6, 6.07) is 6.12. The molecule has 0 aromatic carbocycles. The van der Waals surface area contributed by atoms with E-state index in [1.165, 1.54) is 5.56 Å². The molecule has 168 valence electrons. The SMILES string of the molecule is Cc1nc(N2CCC3(CC2)Cc2cccnc2/C3=N\[S@+]([O-])C(C)(C)C)c2ccnn2c1Br. The Bertz CT molecular complexity index is 1210. The Morgan fingerprint density at radius 2 is 1.94 bits per heavy atom. The van der Waals surface area contributed by atoms with Crippen LogP contribution in [0.5, 0.6) is 0 Å². The van der Waals surface area contributed by atoms with Gasteiger partial charge >= 0.3 is 0 Å². The lowest BCUT2D eigenvalue weighted by Crippen LogP contribution is -2.44. The number of nitrogens with zero attached hydrogens (tertiary/aromatic N) is 6. The van der Waals surface area contributed by atoms with E-state index in [9.17, 15) is 4.55 Å². The van der Waals surface area contributed by atoms with Crippen molar-refractivity contribution in [3.8, 4) is 0 Å². The summed E-state index contributed by atoms with van der Waals surface area (Å²) in [5, 5.41) is 4.44. The lowest BCUT2D eigenvalue weighted by Gasteiger charge is -2.40. The summed E-state index contributed by atoms with van der Waals surface area (Å²) >= 11 is 2.28. The Morgan fingerprint density at radius 3 is 2.66 bits per heavy atom. The molecule has 2 aliphatic rings. The van der Waals surface area contributed by atoms with Gasteiger partial charge in [0.15, 0.2) is 5.82 Å². The Kier molecular flexibility index (Phi) is 5.34. The van der Waals surface area contributed by atoms with Gasteiger partial charge in [-0.15, -0.1) is 0 Å². The van der Waals surface area contributed by atoms with Crippen LogP contribution in [0.25, 0.3) is 5.52 Å².